The molecule has 0 saturated heterocycles. The van der Waals surface area contributed by atoms with E-state index in [-0.39, 0.29) is 11.7 Å². The Kier molecular flexibility index (Phi) is 4.20. The fourth-order valence-electron chi connectivity index (χ4n) is 1.86. The number of nitrogen functional groups attached to an aromatic ring is 1. The molecule has 9 heteroatoms. The van der Waals surface area contributed by atoms with E-state index in [1.165, 1.54) is 0 Å². The highest BCUT2D eigenvalue weighted by atomic mass is 35.5. The van der Waals surface area contributed by atoms with Gasteiger partial charge in [-0.1, -0.05) is 11.6 Å². The van der Waals surface area contributed by atoms with Crippen LogP contribution in [0.4, 0.5) is 11.5 Å². The van der Waals surface area contributed by atoms with Gasteiger partial charge in [0.25, 0.3) is 0 Å². The molecule has 1 aromatic carbocycles. The van der Waals surface area contributed by atoms with Gasteiger partial charge in [0.05, 0.1) is 4.92 Å². The number of halogens is 1. The maximum absolute atomic E-state index is 11.1. The molecule has 8 nitrogen and oxygen atoms in total. The summed E-state index contributed by atoms with van der Waals surface area (Å²) in [6, 6.07) is 3.39. The van der Waals surface area contributed by atoms with Crippen molar-refractivity contribution in [1.82, 2.24) is 9.97 Å². The first-order valence-electron chi connectivity index (χ1n) is 5.84. The second-order valence-electron chi connectivity index (χ2n) is 4.25. The van der Waals surface area contributed by atoms with Gasteiger partial charge in [0.15, 0.2) is 0 Å². The highest BCUT2D eigenvalue weighted by Crippen LogP contribution is 2.36. The molecular weight excluding hydrogens is 298 g/mol. The number of hydrazine groups is 1. The van der Waals surface area contributed by atoms with Gasteiger partial charge < -0.3 is 10.2 Å². The van der Waals surface area contributed by atoms with Crippen molar-refractivity contribution in [2.75, 3.05) is 5.43 Å². The largest absolute Gasteiger partial charge is 0.433 e. The Morgan fingerprint density at radius 2 is 1.95 bits per heavy atom. The van der Waals surface area contributed by atoms with E-state index in [4.69, 9.17) is 22.2 Å². The van der Waals surface area contributed by atoms with Gasteiger partial charge in [-0.3, -0.25) is 10.1 Å². The Balaban J connectivity index is 2.52. The van der Waals surface area contributed by atoms with Crippen molar-refractivity contribution in [3.05, 3.63) is 44.7 Å². The second-order valence-corrected chi connectivity index (χ2v) is 4.68. The second kappa shape index (κ2) is 5.90. The van der Waals surface area contributed by atoms with Crippen molar-refractivity contribution >= 4 is 23.1 Å². The number of ether oxygens (including phenoxy) is 1. The number of aromatic nitrogens is 2. The molecule has 21 heavy (non-hydrogen) atoms. The van der Waals surface area contributed by atoms with Crippen LogP contribution in [0, 0.1) is 24.0 Å². The summed E-state index contributed by atoms with van der Waals surface area (Å²) in [7, 11) is 0. The lowest BCUT2D eigenvalue weighted by Gasteiger charge is -2.12. The zero-order valence-electron chi connectivity index (χ0n) is 11.3. The molecule has 0 atom stereocenters. The van der Waals surface area contributed by atoms with E-state index in [0.717, 1.165) is 17.5 Å². The van der Waals surface area contributed by atoms with Crippen LogP contribution in [-0.2, 0) is 0 Å². The smallest absolute Gasteiger partial charge is 0.374 e. The van der Waals surface area contributed by atoms with Gasteiger partial charge in [0, 0.05) is 5.02 Å². The monoisotopic (exact) mass is 309 g/mol. The average Bonchev–Trinajstić information content (AvgIpc) is 2.42. The van der Waals surface area contributed by atoms with Crippen molar-refractivity contribution < 1.29 is 9.66 Å². The molecule has 0 aliphatic carbocycles. The summed E-state index contributed by atoms with van der Waals surface area (Å²) in [6.07, 6.45) is 1.12. The molecule has 1 aromatic heterocycles. The average molecular weight is 310 g/mol. The zero-order chi connectivity index (χ0) is 15.6. The number of aryl methyl sites for hydroxylation is 2. The number of benzene rings is 1. The molecule has 3 N–H and O–H groups in total. The molecule has 0 bridgehead atoms. The van der Waals surface area contributed by atoms with Crippen LogP contribution < -0.4 is 16.0 Å². The Morgan fingerprint density at radius 3 is 2.48 bits per heavy atom. The zero-order valence-corrected chi connectivity index (χ0v) is 12.0. The Labute approximate surface area is 125 Å². The maximum Gasteiger partial charge on any atom is 0.374 e. The molecule has 110 valence electrons. The first-order chi connectivity index (χ1) is 9.93. The molecule has 1 heterocycles. The highest BCUT2D eigenvalue weighted by Gasteiger charge is 2.25. The van der Waals surface area contributed by atoms with E-state index >= 15 is 0 Å². The predicted molar refractivity (Wildman–Crippen MR) is 77.5 cm³/mol. The summed E-state index contributed by atoms with van der Waals surface area (Å²) < 4.78 is 5.58. The maximum atomic E-state index is 11.1. The fraction of sp³-hybridized carbons (Fsp3) is 0.167. The fourth-order valence-corrected chi connectivity index (χ4v) is 2.19. The number of hydrogen-bond acceptors (Lipinski definition) is 7. The third kappa shape index (κ3) is 3.01. The van der Waals surface area contributed by atoms with Crippen LogP contribution in [0.2, 0.25) is 5.02 Å². The van der Waals surface area contributed by atoms with Crippen LogP contribution in [0.1, 0.15) is 11.1 Å². The van der Waals surface area contributed by atoms with Crippen molar-refractivity contribution in [2.24, 2.45) is 5.84 Å². The quantitative estimate of drug-likeness (QED) is 0.506. The minimum Gasteiger partial charge on any atom is -0.433 e. The predicted octanol–water partition coefficient (Wildman–Crippen LogP) is 2.73. The molecule has 0 unspecified atom stereocenters. The first-order valence-corrected chi connectivity index (χ1v) is 6.22. The molecule has 0 radical (unpaired) electrons. The standard InChI is InChI=1S/C12H12ClN5O3/c1-6-3-8(13)4-7(2)10(6)21-12-9(18(19)20)11(17-14)15-5-16-12/h3-5H,14H2,1-2H3,(H,15,16,17). The molecule has 2 rings (SSSR count). The highest BCUT2D eigenvalue weighted by molar-refractivity contribution is 6.30. The van der Waals surface area contributed by atoms with E-state index < -0.39 is 10.6 Å². The summed E-state index contributed by atoms with van der Waals surface area (Å²) in [4.78, 5) is 18.0. The number of hydrogen-bond donors (Lipinski definition) is 2. The van der Waals surface area contributed by atoms with Gasteiger partial charge in [-0.15, -0.1) is 0 Å². The van der Waals surface area contributed by atoms with Crippen molar-refractivity contribution in [3.63, 3.8) is 0 Å². The molecular formula is C12H12ClN5O3. The molecule has 0 amide bonds. The molecule has 0 saturated carbocycles. The van der Waals surface area contributed by atoms with Gasteiger partial charge in [-0.2, -0.15) is 4.98 Å². The van der Waals surface area contributed by atoms with Gasteiger partial charge in [0.2, 0.25) is 5.82 Å². The van der Waals surface area contributed by atoms with E-state index in [1.807, 2.05) is 0 Å². The summed E-state index contributed by atoms with van der Waals surface area (Å²) in [5, 5.41) is 11.7. The van der Waals surface area contributed by atoms with E-state index in [0.29, 0.717) is 10.8 Å². The number of nitrogens with two attached hydrogens (primary N) is 1. The number of nitrogens with one attached hydrogen (secondary N) is 1. The Hall–Kier alpha value is -2.45. The van der Waals surface area contributed by atoms with E-state index in [2.05, 4.69) is 15.4 Å². The van der Waals surface area contributed by atoms with Crippen molar-refractivity contribution in [3.8, 4) is 11.6 Å². The molecule has 0 fully saturated rings. The van der Waals surface area contributed by atoms with Crippen molar-refractivity contribution in [1.29, 1.82) is 0 Å². The number of rotatable bonds is 4. The van der Waals surface area contributed by atoms with Gasteiger partial charge in [0.1, 0.15) is 12.1 Å². The number of nitro groups is 1. The SMILES string of the molecule is Cc1cc(Cl)cc(C)c1Oc1ncnc(NN)c1[N+](=O)[O-]. The lowest BCUT2D eigenvalue weighted by Crippen LogP contribution is -2.12. The first kappa shape index (κ1) is 14.9. The van der Waals surface area contributed by atoms with E-state index in [1.54, 1.807) is 26.0 Å². The van der Waals surface area contributed by atoms with Crippen LogP contribution in [-0.4, -0.2) is 14.9 Å². The van der Waals surface area contributed by atoms with Gasteiger partial charge in [-0.25, -0.2) is 10.8 Å². The van der Waals surface area contributed by atoms with Crippen molar-refractivity contribution in [2.45, 2.75) is 13.8 Å². The Bertz CT molecular complexity index is 684. The summed E-state index contributed by atoms with van der Waals surface area (Å²) in [5.41, 5.74) is 3.17. The summed E-state index contributed by atoms with van der Waals surface area (Å²) >= 11 is 5.94. The van der Waals surface area contributed by atoms with Crippen LogP contribution in [0.25, 0.3) is 0 Å². The van der Waals surface area contributed by atoms with Gasteiger partial charge in [-0.05, 0) is 37.1 Å². The lowest BCUT2D eigenvalue weighted by atomic mass is 10.1. The number of anilines is 1. The van der Waals surface area contributed by atoms with Gasteiger partial charge >= 0.3 is 11.6 Å². The molecule has 2 aromatic rings. The topological polar surface area (TPSA) is 116 Å². The minimum absolute atomic E-state index is 0.130. The van der Waals surface area contributed by atoms with Crippen LogP contribution in [0.5, 0.6) is 11.6 Å². The number of nitrogens with zero attached hydrogens (tertiary/aromatic N) is 3. The summed E-state index contributed by atoms with van der Waals surface area (Å²) in [6.45, 7) is 3.56. The van der Waals surface area contributed by atoms with E-state index in [9.17, 15) is 10.1 Å². The lowest BCUT2D eigenvalue weighted by molar-refractivity contribution is -0.385. The van der Waals surface area contributed by atoms with Crippen LogP contribution >= 0.6 is 11.6 Å². The Morgan fingerprint density at radius 1 is 1.33 bits per heavy atom. The summed E-state index contributed by atoms with van der Waals surface area (Å²) in [5.74, 6) is 5.33. The normalized spacial score (nSPS) is 10.3. The van der Waals surface area contributed by atoms with Crippen LogP contribution in [0.3, 0.4) is 0 Å². The third-order valence-corrected chi connectivity index (χ3v) is 2.95. The molecule has 0 spiro atoms. The minimum atomic E-state index is -0.662. The molecule has 0 aliphatic rings. The molecule has 0 aliphatic heterocycles. The van der Waals surface area contributed by atoms with Crippen LogP contribution in [0.15, 0.2) is 18.5 Å². The third-order valence-electron chi connectivity index (χ3n) is 2.73.